The summed E-state index contributed by atoms with van der Waals surface area (Å²) in [6.07, 6.45) is 0. The molecule has 17 heavy (non-hydrogen) atoms. The van der Waals surface area contributed by atoms with Crippen LogP contribution in [0.2, 0.25) is 0 Å². The zero-order chi connectivity index (χ0) is 11.5. The molecule has 0 fully saturated rings. The molecule has 2 N–H and O–H groups in total. The minimum absolute atomic E-state index is 0.513. The molecule has 0 unspecified atom stereocenters. The summed E-state index contributed by atoms with van der Waals surface area (Å²) in [4.78, 5) is 6.57. The van der Waals surface area contributed by atoms with E-state index in [1.54, 1.807) is 0 Å². The number of benzene rings is 2. The first-order chi connectivity index (χ1) is 8.42. The lowest BCUT2D eigenvalue weighted by Crippen LogP contribution is -2.10. The molecule has 3 aromatic rings. The maximum atomic E-state index is 5.66. The van der Waals surface area contributed by atoms with Gasteiger partial charge in [-0.25, -0.2) is 9.97 Å². The molecule has 0 bridgehead atoms. The van der Waals surface area contributed by atoms with Crippen LogP contribution in [0.25, 0.3) is 11.0 Å². The predicted molar refractivity (Wildman–Crippen MR) is 65.6 cm³/mol. The van der Waals surface area contributed by atoms with Crippen molar-refractivity contribution in [2.75, 3.05) is 0 Å². The third-order valence-corrected chi connectivity index (χ3v) is 2.62. The van der Waals surface area contributed by atoms with Crippen LogP contribution in [0, 0.1) is 0 Å². The van der Waals surface area contributed by atoms with Crippen LogP contribution in [0.3, 0.4) is 0 Å². The fourth-order valence-corrected chi connectivity index (χ4v) is 1.80. The van der Waals surface area contributed by atoms with E-state index in [0.29, 0.717) is 6.61 Å². The van der Waals surface area contributed by atoms with Crippen molar-refractivity contribution in [3.8, 4) is 5.75 Å². The van der Waals surface area contributed by atoms with Crippen molar-refractivity contribution in [1.29, 1.82) is 0 Å². The molecule has 0 saturated heterocycles. The third kappa shape index (κ3) is 2.13. The standard InChI is InChI=1S/C14H12N2O/c1-2-6-11(7-3-1)17-10-14-15-12-8-4-5-9-13(12)16-14/h1-9H,10H2,(H,15,16)/p+1. The van der Waals surface area contributed by atoms with E-state index >= 15 is 0 Å². The number of ether oxygens (including phenoxy) is 1. The normalized spacial score (nSPS) is 10.6. The van der Waals surface area contributed by atoms with Crippen LogP contribution < -0.4 is 9.72 Å². The van der Waals surface area contributed by atoms with Crippen molar-refractivity contribution < 1.29 is 9.72 Å². The number of aromatic nitrogens is 2. The van der Waals surface area contributed by atoms with Crippen molar-refractivity contribution in [2.45, 2.75) is 6.61 Å². The topological polar surface area (TPSA) is 39.2 Å². The zero-order valence-electron chi connectivity index (χ0n) is 9.31. The molecule has 0 amide bonds. The Morgan fingerprint density at radius 3 is 2.53 bits per heavy atom. The van der Waals surface area contributed by atoms with Gasteiger partial charge < -0.3 is 4.74 Å². The number of fused-ring (bicyclic) bond motifs is 1. The van der Waals surface area contributed by atoms with Gasteiger partial charge in [-0.1, -0.05) is 30.3 Å². The lowest BCUT2D eigenvalue weighted by atomic mass is 10.3. The summed E-state index contributed by atoms with van der Waals surface area (Å²) in [5, 5.41) is 0. The molecule has 0 aliphatic heterocycles. The molecular weight excluding hydrogens is 212 g/mol. The van der Waals surface area contributed by atoms with E-state index in [1.807, 2.05) is 54.6 Å². The Morgan fingerprint density at radius 2 is 1.71 bits per heavy atom. The number of rotatable bonds is 3. The smallest absolute Gasteiger partial charge is 0.291 e. The largest absolute Gasteiger partial charge is 0.481 e. The summed E-state index contributed by atoms with van der Waals surface area (Å²) < 4.78 is 5.66. The number of para-hydroxylation sites is 3. The molecular formula is C14H13N2O+. The summed E-state index contributed by atoms with van der Waals surface area (Å²) in [6, 6.07) is 17.9. The highest BCUT2D eigenvalue weighted by molar-refractivity contribution is 5.70. The van der Waals surface area contributed by atoms with Crippen molar-refractivity contribution in [3.05, 3.63) is 60.4 Å². The monoisotopic (exact) mass is 225 g/mol. The lowest BCUT2D eigenvalue weighted by molar-refractivity contribution is -0.362. The number of imidazole rings is 1. The van der Waals surface area contributed by atoms with E-state index in [1.165, 1.54) is 0 Å². The predicted octanol–water partition coefficient (Wildman–Crippen LogP) is 2.56. The maximum Gasteiger partial charge on any atom is 0.291 e. The van der Waals surface area contributed by atoms with Gasteiger partial charge in [0, 0.05) is 0 Å². The van der Waals surface area contributed by atoms with E-state index in [2.05, 4.69) is 9.97 Å². The van der Waals surface area contributed by atoms with Gasteiger partial charge in [-0.05, 0) is 24.3 Å². The zero-order valence-corrected chi connectivity index (χ0v) is 9.31. The minimum atomic E-state index is 0.513. The van der Waals surface area contributed by atoms with Gasteiger partial charge >= 0.3 is 0 Å². The Morgan fingerprint density at radius 1 is 0.941 bits per heavy atom. The summed E-state index contributed by atoms with van der Waals surface area (Å²) in [7, 11) is 0. The van der Waals surface area contributed by atoms with Gasteiger partial charge in [-0.3, -0.25) is 0 Å². The highest BCUT2D eigenvalue weighted by Crippen LogP contribution is 2.11. The molecule has 84 valence electrons. The summed E-state index contributed by atoms with van der Waals surface area (Å²) >= 11 is 0. The average molecular weight is 225 g/mol. The van der Waals surface area contributed by atoms with Crippen molar-refractivity contribution in [3.63, 3.8) is 0 Å². The second-order valence-electron chi connectivity index (χ2n) is 3.88. The fraction of sp³-hybridized carbons (Fsp3) is 0.0714. The summed E-state index contributed by atoms with van der Waals surface area (Å²) in [5.41, 5.74) is 2.19. The van der Waals surface area contributed by atoms with E-state index < -0.39 is 0 Å². The van der Waals surface area contributed by atoms with E-state index in [4.69, 9.17) is 4.74 Å². The Hall–Kier alpha value is -2.29. The molecule has 0 atom stereocenters. The second-order valence-corrected chi connectivity index (χ2v) is 3.88. The van der Waals surface area contributed by atoms with Gasteiger partial charge in [0.2, 0.25) is 0 Å². The van der Waals surface area contributed by atoms with Gasteiger partial charge in [0.05, 0.1) is 0 Å². The molecule has 0 aliphatic carbocycles. The van der Waals surface area contributed by atoms with Crippen LogP contribution in [0.15, 0.2) is 54.6 Å². The number of nitrogens with one attached hydrogen (secondary N) is 2. The van der Waals surface area contributed by atoms with Crippen LogP contribution >= 0.6 is 0 Å². The molecule has 3 heteroatoms. The van der Waals surface area contributed by atoms with Gasteiger partial charge in [0.1, 0.15) is 5.75 Å². The van der Waals surface area contributed by atoms with Crippen LogP contribution in [0.5, 0.6) is 5.75 Å². The van der Waals surface area contributed by atoms with Gasteiger partial charge in [-0.15, -0.1) is 0 Å². The third-order valence-electron chi connectivity index (χ3n) is 2.62. The van der Waals surface area contributed by atoms with Gasteiger partial charge in [0.25, 0.3) is 5.82 Å². The summed E-state index contributed by atoms with van der Waals surface area (Å²) in [5.74, 6) is 1.84. The quantitative estimate of drug-likeness (QED) is 0.731. The van der Waals surface area contributed by atoms with Crippen LogP contribution in [-0.2, 0) is 6.61 Å². The highest BCUT2D eigenvalue weighted by Gasteiger charge is 2.09. The van der Waals surface area contributed by atoms with Crippen LogP contribution in [-0.4, -0.2) is 4.98 Å². The molecule has 1 aromatic heterocycles. The molecule has 1 heterocycles. The minimum Gasteiger partial charge on any atom is -0.481 e. The first kappa shape index (κ1) is 9.90. The van der Waals surface area contributed by atoms with Gasteiger partial charge in [0.15, 0.2) is 17.6 Å². The van der Waals surface area contributed by atoms with Gasteiger partial charge in [-0.2, -0.15) is 0 Å². The van der Waals surface area contributed by atoms with E-state index in [0.717, 1.165) is 22.6 Å². The highest BCUT2D eigenvalue weighted by atomic mass is 16.5. The van der Waals surface area contributed by atoms with Crippen molar-refractivity contribution in [2.24, 2.45) is 0 Å². The molecule has 0 spiro atoms. The van der Waals surface area contributed by atoms with Crippen molar-refractivity contribution in [1.82, 2.24) is 4.98 Å². The van der Waals surface area contributed by atoms with Crippen LogP contribution in [0.4, 0.5) is 0 Å². The molecule has 0 saturated carbocycles. The lowest BCUT2D eigenvalue weighted by Gasteiger charge is -2.00. The second kappa shape index (κ2) is 4.29. The Labute approximate surface area is 99.1 Å². The van der Waals surface area contributed by atoms with E-state index in [-0.39, 0.29) is 0 Å². The first-order valence-corrected chi connectivity index (χ1v) is 5.58. The maximum absolute atomic E-state index is 5.66. The van der Waals surface area contributed by atoms with Crippen molar-refractivity contribution >= 4 is 11.0 Å². The number of aromatic amines is 2. The molecule has 0 radical (unpaired) electrons. The average Bonchev–Trinajstić information content (AvgIpc) is 2.80. The molecule has 3 rings (SSSR count). The van der Waals surface area contributed by atoms with E-state index in [9.17, 15) is 0 Å². The number of hydrogen-bond donors (Lipinski definition) is 1. The SMILES string of the molecule is c1ccc(OCc2[nH]c3ccccc3[nH+]2)cc1. The molecule has 3 nitrogen and oxygen atoms in total. The van der Waals surface area contributed by atoms with Crippen LogP contribution in [0.1, 0.15) is 5.82 Å². The fourth-order valence-electron chi connectivity index (χ4n) is 1.80. The Balaban J connectivity index is 1.77. The first-order valence-electron chi connectivity index (χ1n) is 5.58. The number of hydrogen-bond acceptors (Lipinski definition) is 1. The Kier molecular flexibility index (Phi) is 2.50. The summed E-state index contributed by atoms with van der Waals surface area (Å²) in [6.45, 7) is 0.513. The molecule has 2 aromatic carbocycles. The Bertz CT molecular complexity index is 583. The molecule has 0 aliphatic rings. The number of H-pyrrole nitrogens is 2.